The Kier molecular flexibility index (Phi) is 3.51. The number of benzene rings is 1. The van der Waals surface area contributed by atoms with E-state index in [1.165, 1.54) is 37.1 Å². The number of nitrogen functional groups attached to an aromatic ring is 1. The van der Waals surface area contributed by atoms with Crippen molar-refractivity contribution < 1.29 is 0 Å². The van der Waals surface area contributed by atoms with Gasteiger partial charge in [0.1, 0.15) is 11.6 Å². The first kappa shape index (κ1) is 13.2. The predicted octanol–water partition coefficient (Wildman–Crippen LogP) is 3.81. The van der Waals surface area contributed by atoms with Crippen LogP contribution in [0.3, 0.4) is 0 Å². The van der Waals surface area contributed by atoms with Crippen LogP contribution < -0.4 is 5.73 Å². The number of nitrogens with zero attached hydrogens (tertiary/aromatic N) is 2. The van der Waals surface area contributed by atoms with E-state index in [1.807, 2.05) is 6.07 Å². The van der Waals surface area contributed by atoms with Gasteiger partial charge in [0.05, 0.1) is 5.69 Å². The van der Waals surface area contributed by atoms with Crippen LogP contribution in [-0.2, 0) is 7.05 Å². The molecule has 3 rings (SSSR count). The lowest BCUT2D eigenvalue weighted by Gasteiger charge is -2.10. The lowest BCUT2D eigenvalue weighted by atomic mass is 9.98. The fourth-order valence-electron chi connectivity index (χ4n) is 3.32. The van der Waals surface area contributed by atoms with Crippen LogP contribution in [-0.4, -0.2) is 9.55 Å². The van der Waals surface area contributed by atoms with Gasteiger partial charge >= 0.3 is 0 Å². The lowest BCUT2D eigenvalue weighted by Crippen LogP contribution is -2.05. The van der Waals surface area contributed by atoms with Crippen molar-refractivity contribution in [1.29, 1.82) is 0 Å². The maximum absolute atomic E-state index is 6.31. The maximum atomic E-state index is 6.31. The minimum atomic E-state index is 0.248. The monoisotopic (exact) mass is 269 g/mol. The molecule has 0 radical (unpaired) electrons. The van der Waals surface area contributed by atoms with Crippen molar-refractivity contribution in [2.75, 3.05) is 5.73 Å². The SMILES string of the molecule is CC(c1ccccc1)c1nc(C2CCCC2)n(C)c1N. The van der Waals surface area contributed by atoms with Crippen LogP contribution in [0.1, 0.15) is 61.5 Å². The summed E-state index contributed by atoms with van der Waals surface area (Å²) in [7, 11) is 2.05. The summed E-state index contributed by atoms with van der Waals surface area (Å²) >= 11 is 0. The lowest BCUT2D eigenvalue weighted by molar-refractivity contribution is 0.633. The van der Waals surface area contributed by atoms with Gasteiger partial charge in [-0.1, -0.05) is 50.1 Å². The molecule has 2 aromatic rings. The second-order valence-electron chi connectivity index (χ2n) is 5.91. The molecule has 3 nitrogen and oxygen atoms in total. The minimum absolute atomic E-state index is 0.248. The third-order valence-corrected chi connectivity index (χ3v) is 4.63. The molecule has 0 saturated heterocycles. The molecule has 0 amide bonds. The van der Waals surface area contributed by atoms with Crippen LogP contribution in [0.15, 0.2) is 30.3 Å². The molecule has 1 aromatic carbocycles. The predicted molar refractivity (Wildman–Crippen MR) is 82.8 cm³/mol. The molecule has 0 bridgehead atoms. The van der Waals surface area contributed by atoms with Gasteiger partial charge in [0.25, 0.3) is 0 Å². The number of anilines is 1. The van der Waals surface area contributed by atoms with Crippen LogP contribution in [0.25, 0.3) is 0 Å². The van der Waals surface area contributed by atoms with E-state index in [-0.39, 0.29) is 5.92 Å². The zero-order valence-corrected chi connectivity index (χ0v) is 12.3. The average molecular weight is 269 g/mol. The van der Waals surface area contributed by atoms with E-state index in [4.69, 9.17) is 10.7 Å². The first-order valence-electron chi connectivity index (χ1n) is 7.55. The van der Waals surface area contributed by atoms with Crippen molar-refractivity contribution in [2.45, 2.75) is 44.4 Å². The van der Waals surface area contributed by atoms with Crippen LogP contribution in [0.4, 0.5) is 5.82 Å². The molecular weight excluding hydrogens is 246 g/mol. The Morgan fingerprint density at radius 3 is 2.50 bits per heavy atom. The molecule has 20 heavy (non-hydrogen) atoms. The highest BCUT2D eigenvalue weighted by Gasteiger charge is 2.25. The summed E-state index contributed by atoms with van der Waals surface area (Å²) in [4.78, 5) is 4.91. The molecule has 3 heteroatoms. The van der Waals surface area contributed by atoms with E-state index in [2.05, 4.69) is 42.8 Å². The van der Waals surface area contributed by atoms with Gasteiger partial charge in [-0.3, -0.25) is 0 Å². The van der Waals surface area contributed by atoms with E-state index in [0.717, 1.165) is 11.5 Å². The molecule has 1 aliphatic carbocycles. The molecule has 1 unspecified atom stereocenters. The van der Waals surface area contributed by atoms with Crippen LogP contribution in [0.2, 0.25) is 0 Å². The van der Waals surface area contributed by atoms with Crippen LogP contribution in [0.5, 0.6) is 0 Å². The Morgan fingerprint density at radius 1 is 1.20 bits per heavy atom. The van der Waals surface area contributed by atoms with Crippen LogP contribution in [0, 0.1) is 0 Å². The van der Waals surface area contributed by atoms with Crippen molar-refractivity contribution in [3.8, 4) is 0 Å². The molecule has 1 heterocycles. The Morgan fingerprint density at radius 2 is 1.85 bits per heavy atom. The number of imidazole rings is 1. The molecule has 0 spiro atoms. The highest BCUT2D eigenvalue weighted by Crippen LogP contribution is 2.37. The van der Waals surface area contributed by atoms with Crippen molar-refractivity contribution in [3.63, 3.8) is 0 Å². The van der Waals surface area contributed by atoms with E-state index >= 15 is 0 Å². The summed E-state index contributed by atoms with van der Waals surface area (Å²) < 4.78 is 2.10. The Labute approximate surface area is 120 Å². The van der Waals surface area contributed by atoms with E-state index in [9.17, 15) is 0 Å². The summed E-state index contributed by atoms with van der Waals surface area (Å²) in [5, 5.41) is 0. The van der Waals surface area contributed by atoms with Crippen molar-refractivity contribution in [3.05, 3.63) is 47.4 Å². The van der Waals surface area contributed by atoms with E-state index in [0.29, 0.717) is 5.92 Å². The smallest absolute Gasteiger partial charge is 0.127 e. The van der Waals surface area contributed by atoms with E-state index < -0.39 is 0 Å². The molecule has 1 aromatic heterocycles. The zero-order valence-electron chi connectivity index (χ0n) is 12.3. The summed E-state index contributed by atoms with van der Waals surface area (Å²) in [5.41, 5.74) is 8.61. The minimum Gasteiger partial charge on any atom is -0.384 e. The molecule has 1 aliphatic rings. The Hall–Kier alpha value is -1.77. The number of hydrogen-bond acceptors (Lipinski definition) is 2. The second kappa shape index (κ2) is 5.31. The van der Waals surface area contributed by atoms with Crippen molar-refractivity contribution in [1.82, 2.24) is 9.55 Å². The number of aromatic nitrogens is 2. The van der Waals surface area contributed by atoms with Gasteiger partial charge in [0, 0.05) is 18.9 Å². The van der Waals surface area contributed by atoms with Crippen LogP contribution >= 0.6 is 0 Å². The molecular formula is C17H23N3. The molecule has 1 atom stereocenters. The summed E-state index contributed by atoms with van der Waals surface area (Å²) in [6.45, 7) is 2.19. The third-order valence-electron chi connectivity index (χ3n) is 4.63. The van der Waals surface area contributed by atoms with Gasteiger partial charge in [-0.15, -0.1) is 0 Å². The number of rotatable bonds is 3. The average Bonchev–Trinajstić information content (AvgIpc) is 3.10. The Bertz CT molecular complexity index is 580. The van der Waals surface area contributed by atoms with Crippen molar-refractivity contribution >= 4 is 5.82 Å². The molecule has 2 N–H and O–H groups in total. The standard InChI is InChI=1S/C17H23N3/c1-12(13-8-4-3-5-9-13)15-16(18)20(2)17(19-15)14-10-6-7-11-14/h3-5,8-9,12,14H,6-7,10-11,18H2,1-2H3. The van der Waals surface area contributed by atoms with Crippen molar-refractivity contribution in [2.24, 2.45) is 7.05 Å². The number of nitrogens with two attached hydrogens (primary N) is 1. The maximum Gasteiger partial charge on any atom is 0.127 e. The fourth-order valence-corrected chi connectivity index (χ4v) is 3.32. The molecule has 1 fully saturated rings. The highest BCUT2D eigenvalue weighted by molar-refractivity contribution is 5.45. The first-order chi connectivity index (χ1) is 9.68. The summed E-state index contributed by atoms with van der Waals surface area (Å²) in [6.07, 6.45) is 5.15. The topological polar surface area (TPSA) is 43.8 Å². The van der Waals surface area contributed by atoms with Gasteiger partial charge in [0.15, 0.2) is 0 Å². The Balaban J connectivity index is 1.96. The largest absolute Gasteiger partial charge is 0.384 e. The summed E-state index contributed by atoms with van der Waals surface area (Å²) in [5.74, 6) is 2.85. The normalized spacial score (nSPS) is 17.5. The molecule has 106 valence electrons. The van der Waals surface area contributed by atoms with Gasteiger partial charge in [0.2, 0.25) is 0 Å². The highest BCUT2D eigenvalue weighted by atomic mass is 15.1. The third kappa shape index (κ3) is 2.21. The second-order valence-corrected chi connectivity index (χ2v) is 5.91. The molecule has 0 aliphatic heterocycles. The zero-order chi connectivity index (χ0) is 14.1. The van der Waals surface area contributed by atoms with E-state index in [1.54, 1.807) is 0 Å². The van der Waals surface area contributed by atoms with Gasteiger partial charge in [-0.2, -0.15) is 0 Å². The first-order valence-corrected chi connectivity index (χ1v) is 7.55. The summed E-state index contributed by atoms with van der Waals surface area (Å²) in [6, 6.07) is 10.5. The van der Waals surface area contributed by atoms with Gasteiger partial charge < -0.3 is 10.3 Å². The van der Waals surface area contributed by atoms with Gasteiger partial charge in [-0.05, 0) is 18.4 Å². The fraction of sp³-hybridized carbons (Fsp3) is 0.471. The van der Waals surface area contributed by atoms with Gasteiger partial charge in [-0.25, -0.2) is 4.98 Å². The quantitative estimate of drug-likeness (QED) is 0.920. The number of hydrogen-bond donors (Lipinski definition) is 1. The molecule has 1 saturated carbocycles.